The van der Waals surface area contributed by atoms with Crippen molar-refractivity contribution in [3.05, 3.63) is 73.7 Å². The van der Waals surface area contributed by atoms with E-state index < -0.39 is 4.92 Å². The summed E-state index contributed by atoms with van der Waals surface area (Å²) in [5.74, 6) is -0.0419. The van der Waals surface area contributed by atoms with Gasteiger partial charge in [-0.05, 0) is 36.2 Å². The summed E-state index contributed by atoms with van der Waals surface area (Å²) >= 11 is 3.34. The summed E-state index contributed by atoms with van der Waals surface area (Å²) in [6, 6.07) is 11.8. The maximum absolute atomic E-state index is 12.2. The van der Waals surface area contributed by atoms with E-state index in [1.807, 2.05) is 24.3 Å². The number of ketones is 1. The molecule has 0 fully saturated rings. The van der Waals surface area contributed by atoms with Gasteiger partial charge in [0.2, 0.25) is 0 Å². The average Bonchev–Trinajstić information content (AvgIpc) is 2.41. The van der Waals surface area contributed by atoms with Crippen LogP contribution in [-0.2, 0) is 6.42 Å². The highest BCUT2D eigenvalue weighted by molar-refractivity contribution is 9.10. The molecule has 0 unspecified atom stereocenters. The van der Waals surface area contributed by atoms with Gasteiger partial charge in [0, 0.05) is 28.6 Å². The second-order valence-electron chi connectivity index (χ2n) is 4.48. The van der Waals surface area contributed by atoms with Crippen LogP contribution in [0.3, 0.4) is 0 Å². The van der Waals surface area contributed by atoms with E-state index in [0.29, 0.717) is 11.1 Å². The predicted octanol–water partition coefficient (Wildman–Crippen LogP) is 4.09. The Morgan fingerprint density at radius 3 is 2.40 bits per heavy atom. The van der Waals surface area contributed by atoms with Crippen LogP contribution in [0.1, 0.15) is 21.5 Å². The van der Waals surface area contributed by atoms with Crippen molar-refractivity contribution in [3.63, 3.8) is 0 Å². The zero-order valence-corrected chi connectivity index (χ0v) is 12.4. The summed E-state index contributed by atoms with van der Waals surface area (Å²) in [4.78, 5) is 22.4. The summed E-state index contributed by atoms with van der Waals surface area (Å²) in [5.41, 5.74) is 2.07. The topological polar surface area (TPSA) is 60.2 Å². The Bertz CT molecular complexity index is 665. The Morgan fingerprint density at radius 2 is 1.85 bits per heavy atom. The molecule has 0 aliphatic carbocycles. The van der Waals surface area contributed by atoms with Crippen molar-refractivity contribution in [2.45, 2.75) is 13.3 Å². The van der Waals surface area contributed by atoms with Crippen LogP contribution in [0.4, 0.5) is 5.69 Å². The fourth-order valence-corrected chi connectivity index (χ4v) is 2.22. The van der Waals surface area contributed by atoms with Crippen molar-refractivity contribution in [1.29, 1.82) is 0 Å². The van der Waals surface area contributed by atoms with E-state index in [1.54, 1.807) is 6.92 Å². The zero-order valence-electron chi connectivity index (χ0n) is 10.8. The second kappa shape index (κ2) is 5.96. The molecule has 2 aromatic carbocycles. The van der Waals surface area contributed by atoms with Crippen LogP contribution in [0, 0.1) is 17.0 Å². The van der Waals surface area contributed by atoms with Crippen LogP contribution in [0.5, 0.6) is 0 Å². The summed E-state index contributed by atoms with van der Waals surface area (Å²) in [7, 11) is 0. The van der Waals surface area contributed by atoms with Crippen LogP contribution in [0.25, 0.3) is 0 Å². The molecule has 0 amide bonds. The molecule has 0 aromatic heterocycles. The molecule has 2 rings (SSSR count). The lowest BCUT2D eigenvalue weighted by Gasteiger charge is -2.05. The van der Waals surface area contributed by atoms with Gasteiger partial charge in [-0.15, -0.1) is 0 Å². The number of aryl methyl sites for hydroxylation is 1. The monoisotopic (exact) mass is 333 g/mol. The molecule has 0 aliphatic heterocycles. The van der Waals surface area contributed by atoms with Crippen LogP contribution in [0.2, 0.25) is 0 Å². The second-order valence-corrected chi connectivity index (χ2v) is 5.40. The maximum atomic E-state index is 12.2. The van der Waals surface area contributed by atoms with E-state index in [4.69, 9.17) is 0 Å². The van der Waals surface area contributed by atoms with Gasteiger partial charge in [0.15, 0.2) is 5.78 Å². The first-order valence-electron chi connectivity index (χ1n) is 6.00. The van der Waals surface area contributed by atoms with Crippen molar-refractivity contribution in [3.8, 4) is 0 Å². The first-order valence-corrected chi connectivity index (χ1v) is 6.79. The Hall–Kier alpha value is -2.01. The number of carbonyl (C=O) groups excluding carboxylic acids is 1. The van der Waals surface area contributed by atoms with Gasteiger partial charge in [-0.2, -0.15) is 0 Å². The number of nitro groups is 1. The molecule has 20 heavy (non-hydrogen) atoms. The van der Waals surface area contributed by atoms with E-state index >= 15 is 0 Å². The number of Topliss-reactive ketones (excluding diaryl/α,β-unsaturated/α-hetero) is 1. The van der Waals surface area contributed by atoms with Crippen molar-refractivity contribution < 1.29 is 9.72 Å². The number of rotatable bonds is 4. The molecule has 0 atom stereocenters. The fraction of sp³-hybridized carbons (Fsp3) is 0.133. The highest BCUT2D eigenvalue weighted by atomic mass is 79.9. The molecule has 0 bridgehead atoms. The quantitative estimate of drug-likeness (QED) is 0.481. The number of hydrogen-bond acceptors (Lipinski definition) is 3. The molecular weight excluding hydrogens is 322 g/mol. The van der Waals surface area contributed by atoms with Gasteiger partial charge in [0.25, 0.3) is 5.69 Å². The van der Waals surface area contributed by atoms with Gasteiger partial charge in [0.1, 0.15) is 0 Å². The number of nitro benzene ring substituents is 1. The minimum absolute atomic E-state index is 0.00249. The lowest BCUT2D eigenvalue weighted by molar-refractivity contribution is -0.384. The maximum Gasteiger partial charge on any atom is 0.269 e. The minimum atomic E-state index is -0.462. The summed E-state index contributed by atoms with van der Waals surface area (Å²) in [6.07, 6.45) is 0.284. The van der Waals surface area contributed by atoms with Crippen LogP contribution < -0.4 is 0 Å². The van der Waals surface area contributed by atoms with Crippen molar-refractivity contribution >= 4 is 27.4 Å². The molecule has 0 saturated heterocycles. The highest BCUT2D eigenvalue weighted by Crippen LogP contribution is 2.19. The summed E-state index contributed by atoms with van der Waals surface area (Å²) in [6.45, 7) is 1.71. The Kier molecular flexibility index (Phi) is 4.29. The standard InChI is InChI=1S/C15H12BrNO3/c1-10-8-13(17(19)20)6-7-14(10)15(18)9-11-2-4-12(16)5-3-11/h2-8H,9H2,1H3. The lowest BCUT2D eigenvalue weighted by atomic mass is 9.99. The van der Waals surface area contributed by atoms with Gasteiger partial charge >= 0.3 is 0 Å². The Balaban J connectivity index is 2.21. The molecule has 5 heteroatoms. The minimum Gasteiger partial charge on any atom is -0.294 e. The fourth-order valence-electron chi connectivity index (χ4n) is 1.96. The van der Waals surface area contributed by atoms with Gasteiger partial charge in [0.05, 0.1) is 4.92 Å². The average molecular weight is 334 g/mol. The smallest absolute Gasteiger partial charge is 0.269 e. The first-order chi connectivity index (χ1) is 9.47. The molecule has 0 aliphatic rings. The summed E-state index contributed by atoms with van der Waals surface area (Å²) < 4.78 is 0.959. The molecule has 0 N–H and O–H groups in total. The van der Waals surface area contributed by atoms with Gasteiger partial charge < -0.3 is 0 Å². The normalized spacial score (nSPS) is 10.3. The van der Waals surface area contributed by atoms with E-state index in [1.165, 1.54) is 18.2 Å². The highest BCUT2D eigenvalue weighted by Gasteiger charge is 2.13. The number of carbonyl (C=O) groups is 1. The van der Waals surface area contributed by atoms with Crippen molar-refractivity contribution in [2.75, 3.05) is 0 Å². The van der Waals surface area contributed by atoms with E-state index in [2.05, 4.69) is 15.9 Å². The number of nitrogens with zero attached hydrogens (tertiary/aromatic N) is 1. The molecule has 2 aromatic rings. The third-order valence-electron chi connectivity index (χ3n) is 3.00. The number of benzene rings is 2. The van der Waals surface area contributed by atoms with E-state index in [0.717, 1.165) is 10.0 Å². The molecule has 102 valence electrons. The third kappa shape index (κ3) is 3.30. The van der Waals surface area contributed by atoms with Gasteiger partial charge in [-0.1, -0.05) is 28.1 Å². The largest absolute Gasteiger partial charge is 0.294 e. The van der Waals surface area contributed by atoms with Crippen molar-refractivity contribution in [1.82, 2.24) is 0 Å². The van der Waals surface area contributed by atoms with Gasteiger partial charge in [-0.25, -0.2) is 0 Å². The number of non-ortho nitro benzene ring substituents is 1. The van der Waals surface area contributed by atoms with Crippen LogP contribution in [0.15, 0.2) is 46.9 Å². The Morgan fingerprint density at radius 1 is 1.20 bits per heavy atom. The van der Waals surface area contributed by atoms with Crippen LogP contribution in [-0.4, -0.2) is 10.7 Å². The van der Waals surface area contributed by atoms with Crippen molar-refractivity contribution in [2.24, 2.45) is 0 Å². The SMILES string of the molecule is Cc1cc([N+](=O)[O-])ccc1C(=O)Cc1ccc(Br)cc1. The zero-order chi connectivity index (χ0) is 14.7. The molecule has 0 spiro atoms. The third-order valence-corrected chi connectivity index (χ3v) is 3.53. The first kappa shape index (κ1) is 14.4. The number of hydrogen-bond donors (Lipinski definition) is 0. The summed E-state index contributed by atoms with van der Waals surface area (Å²) in [5, 5.41) is 10.7. The van der Waals surface area contributed by atoms with Crippen LogP contribution >= 0.6 is 15.9 Å². The molecule has 0 radical (unpaired) electrons. The number of halogens is 1. The van der Waals surface area contributed by atoms with Gasteiger partial charge in [-0.3, -0.25) is 14.9 Å². The lowest BCUT2D eigenvalue weighted by Crippen LogP contribution is -2.06. The molecule has 0 heterocycles. The molecular formula is C15H12BrNO3. The molecule has 0 saturated carbocycles. The Labute approximate surface area is 124 Å². The van der Waals surface area contributed by atoms with E-state index in [9.17, 15) is 14.9 Å². The predicted molar refractivity (Wildman–Crippen MR) is 80.0 cm³/mol. The molecule has 4 nitrogen and oxygen atoms in total. The van der Waals surface area contributed by atoms with E-state index in [-0.39, 0.29) is 17.9 Å².